The summed E-state index contributed by atoms with van der Waals surface area (Å²) in [5, 5.41) is 0. The van der Waals surface area contributed by atoms with Gasteiger partial charge >= 0.3 is 30.0 Å². The van der Waals surface area contributed by atoms with Crippen molar-refractivity contribution in [1.82, 2.24) is 4.90 Å². The first-order valence-electron chi connectivity index (χ1n) is 10.2. The van der Waals surface area contributed by atoms with Gasteiger partial charge < -0.3 is 23.7 Å². The first-order valence-corrected chi connectivity index (χ1v) is 10.2. The second kappa shape index (κ2) is 11.3. The first-order chi connectivity index (χ1) is 15.5. The van der Waals surface area contributed by atoms with Crippen LogP contribution in [-0.4, -0.2) is 65.5 Å². The van der Waals surface area contributed by atoms with E-state index in [0.29, 0.717) is 5.56 Å². The molecule has 1 aliphatic rings. The van der Waals surface area contributed by atoms with Crippen molar-refractivity contribution in [2.45, 2.75) is 71.8 Å². The van der Waals surface area contributed by atoms with Gasteiger partial charge in [0.05, 0.1) is 6.04 Å². The summed E-state index contributed by atoms with van der Waals surface area (Å²) in [5.74, 6) is -3.09. The summed E-state index contributed by atoms with van der Waals surface area (Å²) in [5.41, 5.74) is 0.699. The average Bonchev–Trinajstić information content (AvgIpc) is 2.71. The minimum atomic E-state index is -1.51. The van der Waals surface area contributed by atoms with Crippen LogP contribution in [0.2, 0.25) is 0 Å². The van der Waals surface area contributed by atoms with Crippen LogP contribution in [0.25, 0.3) is 0 Å². The average molecular weight is 465 g/mol. The van der Waals surface area contributed by atoms with Gasteiger partial charge in [-0.2, -0.15) is 0 Å². The lowest BCUT2D eigenvalue weighted by Crippen LogP contribution is -2.70. The zero-order valence-electron chi connectivity index (χ0n) is 19.0. The van der Waals surface area contributed by atoms with Crippen LogP contribution in [0.1, 0.15) is 40.2 Å². The Kier molecular flexibility index (Phi) is 8.78. The first kappa shape index (κ1) is 25.6. The maximum absolute atomic E-state index is 13.1. The van der Waals surface area contributed by atoms with Gasteiger partial charge in [0.15, 0.2) is 18.3 Å². The van der Waals surface area contributed by atoms with Crippen LogP contribution in [0, 0.1) is 0 Å². The minimum absolute atomic E-state index is 0.0977. The predicted octanol–water partition coefficient (Wildman–Crippen LogP) is 1.71. The van der Waals surface area contributed by atoms with Crippen LogP contribution >= 0.6 is 0 Å². The molecule has 0 spiro atoms. The third-order valence-electron chi connectivity index (χ3n) is 4.73. The molecular formula is C22H27NO10. The molecule has 1 saturated heterocycles. The number of rotatable bonds is 6. The molecule has 2 rings (SSSR count). The number of esters is 4. The lowest BCUT2D eigenvalue weighted by atomic mass is 9.92. The zero-order valence-corrected chi connectivity index (χ0v) is 19.0. The van der Waals surface area contributed by atoms with E-state index in [2.05, 4.69) is 0 Å². The number of benzene rings is 1. The van der Waals surface area contributed by atoms with Crippen molar-refractivity contribution in [3.63, 3.8) is 0 Å². The molecule has 1 heterocycles. The number of piperidine rings is 1. The Bertz CT molecular complexity index is 886. The molecule has 1 aromatic carbocycles. The van der Waals surface area contributed by atoms with E-state index in [1.807, 2.05) is 0 Å². The molecule has 1 aromatic rings. The molecule has 0 saturated carbocycles. The van der Waals surface area contributed by atoms with E-state index in [0.717, 1.165) is 32.6 Å². The standard InChI is InChI=1S/C22H27NO10/c1-12-18(30-13(2)24)19(31-14(3)25)20(32-15(4)26)21(33-16(5)27)23(12)22(28)29-11-17-9-7-6-8-10-17/h6-10,12,18-21H,11H2,1-5H3/t12-,18-,19-,20+,21+/m0/s1. The molecule has 11 nitrogen and oxygen atoms in total. The van der Waals surface area contributed by atoms with Gasteiger partial charge in [0, 0.05) is 27.7 Å². The highest BCUT2D eigenvalue weighted by molar-refractivity contribution is 5.72. The molecule has 5 atom stereocenters. The fourth-order valence-electron chi connectivity index (χ4n) is 3.53. The molecule has 0 N–H and O–H groups in total. The third kappa shape index (κ3) is 6.93. The smallest absolute Gasteiger partial charge is 0.413 e. The van der Waals surface area contributed by atoms with Crippen LogP contribution in [0.4, 0.5) is 4.79 Å². The van der Waals surface area contributed by atoms with Gasteiger partial charge in [0.1, 0.15) is 6.61 Å². The van der Waals surface area contributed by atoms with Gasteiger partial charge in [-0.1, -0.05) is 30.3 Å². The highest BCUT2D eigenvalue weighted by Crippen LogP contribution is 2.32. The second-order valence-electron chi connectivity index (χ2n) is 7.41. The molecule has 0 aliphatic carbocycles. The van der Waals surface area contributed by atoms with Gasteiger partial charge in [-0.15, -0.1) is 0 Å². The van der Waals surface area contributed by atoms with E-state index in [9.17, 15) is 24.0 Å². The molecule has 1 fully saturated rings. The fraction of sp³-hybridized carbons (Fsp3) is 0.500. The maximum Gasteiger partial charge on any atom is 0.413 e. The van der Waals surface area contributed by atoms with Crippen molar-refractivity contribution in [3.8, 4) is 0 Å². The molecule has 1 amide bonds. The molecule has 33 heavy (non-hydrogen) atoms. The van der Waals surface area contributed by atoms with Crippen molar-refractivity contribution >= 4 is 30.0 Å². The Morgan fingerprint density at radius 2 is 1.21 bits per heavy atom. The number of nitrogens with zero attached hydrogens (tertiary/aromatic N) is 1. The highest BCUT2D eigenvalue weighted by Gasteiger charge is 2.56. The third-order valence-corrected chi connectivity index (χ3v) is 4.73. The van der Waals surface area contributed by atoms with Crippen LogP contribution < -0.4 is 0 Å². The van der Waals surface area contributed by atoms with Crippen molar-refractivity contribution in [2.75, 3.05) is 0 Å². The monoisotopic (exact) mass is 465 g/mol. The molecule has 1 aliphatic heterocycles. The van der Waals surface area contributed by atoms with Crippen LogP contribution in [0.5, 0.6) is 0 Å². The lowest BCUT2D eigenvalue weighted by Gasteiger charge is -2.48. The molecule has 0 bridgehead atoms. The molecule has 180 valence electrons. The maximum atomic E-state index is 13.1. The zero-order chi connectivity index (χ0) is 24.7. The number of carbonyl (C=O) groups is 5. The van der Waals surface area contributed by atoms with Crippen molar-refractivity contribution in [2.24, 2.45) is 0 Å². The second-order valence-corrected chi connectivity index (χ2v) is 7.41. The highest BCUT2D eigenvalue weighted by atomic mass is 16.6. The summed E-state index contributed by atoms with van der Waals surface area (Å²) in [4.78, 5) is 61.3. The Balaban J connectivity index is 2.47. The number of likely N-dealkylation sites (tertiary alicyclic amines) is 1. The normalized spacial score (nSPS) is 24.3. The number of hydrogen-bond acceptors (Lipinski definition) is 10. The van der Waals surface area contributed by atoms with Crippen molar-refractivity contribution in [1.29, 1.82) is 0 Å². The quantitative estimate of drug-likeness (QED) is 0.451. The van der Waals surface area contributed by atoms with Crippen molar-refractivity contribution in [3.05, 3.63) is 35.9 Å². The van der Waals surface area contributed by atoms with Gasteiger partial charge in [-0.3, -0.25) is 24.1 Å². The van der Waals surface area contributed by atoms with Gasteiger partial charge in [0.25, 0.3) is 0 Å². The molecule has 11 heteroatoms. The summed E-state index contributed by atoms with van der Waals surface area (Å²) in [7, 11) is 0. The van der Waals surface area contributed by atoms with E-state index in [1.54, 1.807) is 30.3 Å². The van der Waals surface area contributed by atoms with Crippen LogP contribution in [-0.2, 0) is 49.5 Å². The molecule has 0 aromatic heterocycles. The number of hydrogen-bond donors (Lipinski definition) is 0. The summed E-state index contributed by atoms with van der Waals surface area (Å²) in [6.07, 6.45) is -6.52. The SMILES string of the molecule is CC(=O)O[C@@H]1[C@@H](OC(C)=O)[C@@H](OC(C)=O)N(C(=O)OCc2ccccc2)[C@@H](C)[C@@H]1OC(C)=O. The van der Waals surface area contributed by atoms with Crippen LogP contribution in [0.3, 0.4) is 0 Å². The Labute approximate surface area is 190 Å². The molecule has 0 unspecified atom stereocenters. The predicted molar refractivity (Wildman–Crippen MR) is 110 cm³/mol. The van der Waals surface area contributed by atoms with Gasteiger partial charge in [0.2, 0.25) is 6.23 Å². The van der Waals surface area contributed by atoms with Crippen molar-refractivity contribution < 1.29 is 47.7 Å². The summed E-state index contributed by atoms with van der Waals surface area (Å²) < 4.78 is 26.6. The number of ether oxygens (including phenoxy) is 5. The summed E-state index contributed by atoms with van der Waals surface area (Å²) in [6.45, 7) is 5.83. The Hall–Kier alpha value is -3.63. The van der Waals surface area contributed by atoms with Gasteiger partial charge in [-0.05, 0) is 12.5 Å². The minimum Gasteiger partial charge on any atom is -0.456 e. The van der Waals surface area contributed by atoms with E-state index in [4.69, 9.17) is 23.7 Å². The topological polar surface area (TPSA) is 135 Å². The number of amides is 1. The largest absolute Gasteiger partial charge is 0.456 e. The lowest BCUT2D eigenvalue weighted by molar-refractivity contribution is -0.241. The fourth-order valence-corrected chi connectivity index (χ4v) is 3.53. The Morgan fingerprint density at radius 1 is 0.727 bits per heavy atom. The summed E-state index contributed by atoms with van der Waals surface area (Å²) in [6, 6.07) is 7.85. The van der Waals surface area contributed by atoms with Crippen LogP contribution in [0.15, 0.2) is 30.3 Å². The van der Waals surface area contributed by atoms with E-state index in [1.165, 1.54) is 6.92 Å². The molecule has 0 radical (unpaired) electrons. The number of carbonyl (C=O) groups excluding carboxylic acids is 5. The van der Waals surface area contributed by atoms with Gasteiger partial charge in [-0.25, -0.2) is 4.79 Å². The summed E-state index contributed by atoms with van der Waals surface area (Å²) >= 11 is 0. The van der Waals surface area contributed by atoms with E-state index < -0.39 is 60.6 Å². The Morgan fingerprint density at radius 3 is 1.73 bits per heavy atom. The molecular weight excluding hydrogens is 438 g/mol. The van der Waals surface area contributed by atoms with E-state index >= 15 is 0 Å². The van der Waals surface area contributed by atoms with E-state index in [-0.39, 0.29) is 6.61 Å².